The molecule has 0 saturated heterocycles. The number of rotatable bonds is 7. The third-order valence-electron chi connectivity index (χ3n) is 2.92. The van der Waals surface area contributed by atoms with Gasteiger partial charge in [0, 0.05) is 13.1 Å². The van der Waals surface area contributed by atoms with Crippen molar-refractivity contribution in [2.45, 2.75) is 39.7 Å². The SMILES string of the molecule is CCN(CC(C)(C)O)C(=O)CCOc1ccc(C)cc1. The maximum absolute atomic E-state index is 12.0. The molecule has 4 heteroatoms. The highest BCUT2D eigenvalue weighted by Crippen LogP contribution is 2.12. The van der Waals surface area contributed by atoms with Crippen molar-refractivity contribution in [3.8, 4) is 5.75 Å². The molecule has 0 heterocycles. The second-order valence-electron chi connectivity index (χ2n) is 5.63. The molecular formula is C16H25NO3. The smallest absolute Gasteiger partial charge is 0.226 e. The van der Waals surface area contributed by atoms with E-state index in [9.17, 15) is 9.90 Å². The summed E-state index contributed by atoms with van der Waals surface area (Å²) >= 11 is 0. The summed E-state index contributed by atoms with van der Waals surface area (Å²) in [4.78, 5) is 13.7. The Kier molecular flexibility index (Phi) is 6.02. The number of ether oxygens (including phenoxy) is 1. The quantitative estimate of drug-likeness (QED) is 0.833. The fourth-order valence-electron chi connectivity index (χ4n) is 1.89. The van der Waals surface area contributed by atoms with Crippen LogP contribution in [0.3, 0.4) is 0 Å². The molecule has 1 aromatic carbocycles. The van der Waals surface area contributed by atoms with Crippen LogP contribution in [0.5, 0.6) is 5.75 Å². The highest BCUT2D eigenvalue weighted by Gasteiger charge is 2.20. The van der Waals surface area contributed by atoms with Crippen molar-refractivity contribution >= 4 is 5.91 Å². The molecule has 112 valence electrons. The van der Waals surface area contributed by atoms with Crippen molar-refractivity contribution in [3.05, 3.63) is 29.8 Å². The number of benzene rings is 1. The second kappa shape index (κ2) is 7.29. The zero-order valence-corrected chi connectivity index (χ0v) is 12.8. The Morgan fingerprint density at radius 1 is 1.30 bits per heavy atom. The average molecular weight is 279 g/mol. The van der Waals surface area contributed by atoms with Crippen LogP contribution in [0.4, 0.5) is 0 Å². The molecule has 0 unspecified atom stereocenters. The van der Waals surface area contributed by atoms with E-state index in [1.165, 1.54) is 5.56 Å². The number of amides is 1. The highest BCUT2D eigenvalue weighted by atomic mass is 16.5. The van der Waals surface area contributed by atoms with Crippen molar-refractivity contribution < 1.29 is 14.6 Å². The van der Waals surface area contributed by atoms with Crippen molar-refractivity contribution in [1.29, 1.82) is 0 Å². The van der Waals surface area contributed by atoms with Gasteiger partial charge in [0.05, 0.1) is 18.6 Å². The number of nitrogens with zero attached hydrogens (tertiary/aromatic N) is 1. The van der Waals surface area contributed by atoms with Crippen LogP contribution >= 0.6 is 0 Å². The summed E-state index contributed by atoms with van der Waals surface area (Å²) in [5.41, 5.74) is 0.305. The molecule has 0 atom stereocenters. The Bertz CT molecular complexity index is 420. The molecular weight excluding hydrogens is 254 g/mol. The monoisotopic (exact) mass is 279 g/mol. The number of hydrogen-bond acceptors (Lipinski definition) is 3. The topological polar surface area (TPSA) is 49.8 Å². The minimum absolute atomic E-state index is 0.00161. The van der Waals surface area contributed by atoms with E-state index in [-0.39, 0.29) is 5.91 Å². The normalized spacial score (nSPS) is 11.2. The Hall–Kier alpha value is -1.55. The first-order valence-corrected chi connectivity index (χ1v) is 7.01. The van der Waals surface area contributed by atoms with Gasteiger partial charge in [0.1, 0.15) is 5.75 Å². The van der Waals surface area contributed by atoms with Crippen LogP contribution in [0.2, 0.25) is 0 Å². The maximum Gasteiger partial charge on any atom is 0.226 e. The van der Waals surface area contributed by atoms with Gasteiger partial charge in [-0.3, -0.25) is 4.79 Å². The van der Waals surface area contributed by atoms with Crippen LogP contribution in [0.25, 0.3) is 0 Å². The van der Waals surface area contributed by atoms with E-state index in [1.54, 1.807) is 18.7 Å². The summed E-state index contributed by atoms with van der Waals surface area (Å²) in [6.07, 6.45) is 0.317. The molecule has 20 heavy (non-hydrogen) atoms. The lowest BCUT2D eigenvalue weighted by Crippen LogP contribution is -2.42. The number of hydrogen-bond donors (Lipinski definition) is 1. The fraction of sp³-hybridized carbons (Fsp3) is 0.562. The Morgan fingerprint density at radius 2 is 1.90 bits per heavy atom. The molecule has 1 N–H and O–H groups in total. The maximum atomic E-state index is 12.0. The van der Waals surface area contributed by atoms with Gasteiger partial charge in [-0.05, 0) is 39.8 Å². The zero-order valence-electron chi connectivity index (χ0n) is 12.8. The number of carbonyl (C=O) groups excluding carboxylic acids is 1. The molecule has 0 radical (unpaired) electrons. The summed E-state index contributed by atoms with van der Waals surface area (Å²) in [5.74, 6) is 0.774. The van der Waals surface area contributed by atoms with Gasteiger partial charge in [-0.1, -0.05) is 17.7 Å². The number of aryl methyl sites for hydroxylation is 1. The minimum Gasteiger partial charge on any atom is -0.493 e. The van der Waals surface area contributed by atoms with E-state index in [2.05, 4.69) is 0 Å². The summed E-state index contributed by atoms with van der Waals surface area (Å²) < 4.78 is 5.55. The Labute approximate surface area is 121 Å². The fourth-order valence-corrected chi connectivity index (χ4v) is 1.89. The van der Waals surface area contributed by atoms with Crippen LogP contribution in [0, 0.1) is 6.92 Å². The van der Waals surface area contributed by atoms with Crippen molar-refractivity contribution in [1.82, 2.24) is 4.90 Å². The van der Waals surface area contributed by atoms with E-state index in [4.69, 9.17) is 4.74 Å². The van der Waals surface area contributed by atoms with Crippen LogP contribution in [-0.4, -0.2) is 41.2 Å². The third kappa shape index (κ3) is 6.06. The molecule has 0 spiro atoms. The van der Waals surface area contributed by atoms with Gasteiger partial charge in [-0.15, -0.1) is 0 Å². The first kappa shape index (κ1) is 16.5. The van der Waals surface area contributed by atoms with E-state index in [0.717, 1.165) is 5.75 Å². The first-order chi connectivity index (χ1) is 9.31. The van der Waals surface area contributed by atoms with Crippen LogP contribution in [0.1, 0.15) is 32.8 Å². The summed E-state index contributed by atoms with van der Waals surface area (Å²) in [6, 6.07) is 7.75. The van der Waals surface area contributed by atoms with Gasteiger partial charge in [0.15, 0.2) is 0 Å². The molecule has 1 aromatic rings. The predicted molar refractivity (Wildman–Crippen MR) is 79.8 cm³/mol. The molecule has 1 rings (SSSR count). The lowest BCUT2D eigenvalue weighted by atomic mass is 10.1. The molecule has 1 amide bonds. The van der Waals surface area contributed by atoms with Crippen LogP contribution in [-0.2, 0) is 4.79 Å². The Morgan fingerprint density at radius 3 is 2.40 bits per heavy atom. The average Bonchev–Trinajstić information content (AvgIpc) is 2.37. The third-order valence-corrected chi connectivity index (χ3v) is 2.92. The van der Waals surface area contributed by atoms with E-state index in [1.807, 2.05) is 38.1 Å². The zero-order chi connectivity index (χ0) is 15.2. The lowest BCUT2D eigenvalue weighted by molar-refractivity contribution is -0.134. The number of aliphatic hydroxyl groups is 1. The van der Waals surface area contributed by atoms with Crippen molar-refractivity contribution in [2.75, 3.05) is 19.7 Å². The largest absolute Gasteiger partial charge is 0.493 e. The van der Waals surface area contributed by atoms with Crippen LogP contribution < -0.4 is 4.74 Å². The van der Waals surface area contributed by atoms with Gasteiger partial charge in [0.25, 0.3) is 0 Å². The molecule has 0 saturated carbocycles. The van der Waals surface area contributed by atoms with Crippen molar-refractivity contribution in [2.24, 2.45) is 0 Å². The first-order valence-electron chi connectivity index (χ1n) is 7.01. The standard InChI is InChI=1S/C16H25NO3/c1-5-17(12-16(3,4)19)15(18)10-11-20-14-8-6-13(2)7-9-14/h6-9,19H,5,10-12H2,1-4H3. The second-order valence-corrected chi connectivity index (χ2v) is 5.63. The van der Waals surface area contributed by atoms with Crippen LogP contribution in [0.15, 0.2) is 24.3 Å². The number of carbonyl (C=O) groups is 1. The van der Waals surface area contributed by atoms with Gasteiger partial charge in [-0.25, -0.2) is 0 Å². The minimum atomic E-state index is -0.872. The van der Waals surface area contributed by atoms with Gasteiger partial charge in [0.2, 0.25) is 5.91 Å². The molecule has 0 bridgehead atoms. The van der Waals surface area contributed by atoms with E-state index < -0.39 is 5.60 Å². The molecule has 4 nitrogen and oxygen atoms in total. The highest BCUT2D eigenvalue weighted by molar-refractivity contribution is 5.76. The molecule has 0 aliphatic heterocycles. The molecule has 0 aliphatic carbocycles. The Balaban J connectivity index is 2.40. The van der Waals surface area contributed by atoms with E-state index >= 15 is 0 Å². The van der Waals surface area contributed by atoms with Gasteiger partial charge >= 0.3 is 0 Å². The lowest BCUT2D eigenvalue weighted by Gasteiger charge is -2.28. The van der Waals surface area contributed by atoms with E-state index in [0.29, 0.717) is 26.1 Å². The predicted octanol–water partition coefficient (Wildman–Crippen LogP) is 2.38. The summed E-state index contributed by atoms with van der Waals surface area (Å²) in [6.45, 7) is 8.61. The van der Waals surface area contributed by atoms with Gasteiger partial charge < -0.3 is 14.7 Å². The van der Waals surface area contributed by atoms with Gasteiger partial charge in [-0.2, -0.15) is 0 Å². The summed E-state index contributed by atoms with van der Waals surface area (Å²) in [5, 5.41) is 9.77. The molecule has 0 aliphatic rings. The number of likely N-dealkylation sites (N-methyl/N-ethyl adjacent to an activating group) is 1. The molecule has 0 aromatic heterocycles. The van der Waals surface area contributed by atoms with Crippen molar-refractivity contribution in [3.63, 3.8) is 0 Å². The summed E-state index contributed by atoms with van der Waals surface area (Å²) in [7, 11) is 0. The molecule has 0 fully saturated rings.